The molecule has 5 nitrogen and oxygen atoms in total. The van der Waals surface area contributed by atoms with E-state index in [0.717, 1.165) is 74.6 Å². The third kappa shape index (κ3) is 3.62. The topological polar surface area (TPSA) is 74.3 Å². The van der Waals surface area contributed by atoms with E-state index in [0.29, 0.717) is 6.42 Å². The first-order chi connectivity index (χ1) is 15.8. The molecule has 0 saturated heterocycles. The van der Waals surface area contributed by atoms with Gasteiger partial charge >= 0.3 is 0 Å². The van der Waals surface area contributed by atoms with E-state index < -0.39 is 0 Å². The molecule has 0 saturated carbocycles. The minimum absolute atomic E-state index is 0.0473. The zero-order chi connectivity index (χ0) is 23.9. The summed E-state index contributed by atoms with van der Waals surface area (Å²) in [5.41, 5.74) is 11.2. The third-order valence-electron chi connectivity index (χ3n) is 6.85. The van der Waals surface area contributed by atoms with E-state index in [1.165, 1.54) is 5.56 Å². The van der Waals surface area contributed by atoms with E-state index in [1.54, 1.807) is 0 Å². The largest absolute Gasteiger partial charge is 0.353 e. The maximum atomic E-state index is 12.6. The summed E-state index contributed by atoms with van der Waals surface area (Å²) in [4.78, 5) is 33.1. The molecule has 5 heteroatoms. The van der Waals surface area contributed by atoms with Crippen molar-refractivity contribution in [2.24, 2.45) is 4.99 Å². The van der Waals surface area contributed by atoms with E-state index in [1.807, 2.05) is 39.0 Å². The zero-order valence-electron chi connectivity index (χ0n) is 20.3. The summed E-state index contributed by atoms with van der Waals surface area (Å²) in [7, 11) is 0. The smallest absolute Gasteiger partial charge is 0.273 e. The minimum atomic E-state index is -0.143. The van der Waals surface area contributed by atoms with Gasteiger partial charge in [0, 0.05) is 16.7 Å². The van der Waals surface area contributed by atoms with Crippen molar-refractivity contribution in [2.45, 2.75) is 60.8 Å². The molecule has 33 heavy (non-hydrogen) atoms. The van der Waals surface area contributed by atoms with E-state index in [9.17, 15) is 9.59 Å². The number of aliphatic imine (C=N–C) groups is 1. The standard InChI is InChI=1S/C28H31N3O2/c1-7-19-15(4)23(24-16(5)21(9-3)28(33)30-24)29-25(19)22(18-13-11-10-12-14-18)26-20(8-2)17(6)27(32)31-26/h10-14,29H,7-9H2,1-6H3,(H,31,32)/b26-22+. The molecule has 0 spiro atoms. The van der Waals surface area contributed by atoms with Gasteiger partial charge in [-0.05, 0) is 67.9 Å². The van der Waals surface area contributed by atoms with Crippen molar-refractivity contribution in [1.29, 1.82) is 0 Å². The number of nitrogens with zero attached hydrogens (tertiary/aromatic N) is 1. The van der Waals surface area contributed by atoms with Crippen molar-refractivity contribution in [1.82, 2.24) is 10.3 Å². The summed E-state index contributed by atoms with van der Waals surface area (Å²) in [5, 5.41) is 3.14. The van der Waals surface area contributed by atoms with Crippen molar-refractivity contribution in [2.75, 3.05) is 0 Å². The Labute approximate surface area is 195 Å². The maximum Gasteiger partial charge on any atom is 0.273 e. The second-order valence-electron chi connectivity index (χ2n) is 8.58. The van der Waals surface area contributed by atoms with Crippen LogP contribution in [0.25, 0.3) is 5.57 Å². The number of allylic oxidation sites excluding steroid dienone is 2. The predicted molar refractivity (Wildman–Crippen MR) is 133 cm³/mol. The van der Waals surface area contributed by atoms with Gasteiger partial charge < -0.3 is 10.3 Å². The Morgan fingerprint density at radius 3 is 2.12 bits per heavy atom. The van der Waals surface area contributed by atoms with Crippen LogP contribution in [0, 0.1) is 6.92 Å². The van der Waals surface area contributed by atoms with Crippen molar-refractivity contribution in [3.8, 4) is 0 Å². The highest BCUT2D eigenvalue weighted by molar-refractivity contribution is 6.25. The first-order valence-corrected chi connectivity index (χ1v) is 11.7. The van der Waals surface area contributed by atoms with Gasteiger partial charge in [-0.15, -0.1) is 0 Å². The maximum absolute atomic E-state index is 12.6. The Morgan fingerprint density at radius 1 is 0.879 bits per heavy atom. The second-order valence-corrected chi connectivity index (χ2v) is 8.58. The Kier molecular flexibility index (Phi) is 6.07. The number of hydrogen-bond acceptors (Lipinski definition) is 2. The number of benzene rings is 1. The molecule has 0 bridgehead atoms. The summed E-state index contributed by atoms with van der Waals surface area (Å²) in [6.07, 6.45) is 2.23. The van der Waals surface area contributed by atoms with E-state index in [-0.39, 0.29) is 11.8 Å². The van der Waals surface area contributed by atoms with Gasteiger partial charge in [0.05, 0.1) is 22.8 Å². The minimum Gasteiger partial charge on any atom is -0.353 e. The Balaban J connectivity index is 2.02. The monoisotopic (exact) mass is 441 g/mol. The lowest BCUT2D eigenvalue weighted by atomic mass is 9.92. The highest BCUT2D eigenvalue weighted by Gasteiger charge is 2.31. The molecular formula is C28H31N3O2. The number of nitrogens with one attached hydrogen (secondary N) is 2. The van der Waals surface area contributed by atoms with Gasteiger partial charge in [0.15, 0.2) is 0 Å². The number of hydrogen-bond donors (Lipinski definition) is 2. The fourth-order valence-corrected chi connectivity index (χ4v) is 5.02. The SMILES string of the molecule is CCC1=C(C)C(c2[nH]c(/C(=C3/NC(=O)C(C)=C3CC)c3ccccc3)c(CC)c2C)=NC1=O. The number of rotatable bonds is 6. The molecule has 0 atom stereocenters. The molecule has 2 amide bonds. The van der Waals surface area contributed by atoms with Crippen LogP contribution < -0.4 is 5.32 Å². The molecular weight excluding hydrogens is 410 g/mol. The van der Waals surface area contributed by atoms with E-state index in [2.05, 4.69) is 48.2 Å². The van der Waals surface area contributed by atoms with Crippen LogP contribution in [0.5, 0.6) is 0 Å². The lowest BCUT2D eigenvalue weighted by Crippen LogP contribution is -2.17. The summed E-state index contributed by atoms with van der Waals surface area (Å²) in [6.45, 7) is 12.1. The predicted octanol–water partition coefficient (Wildman–Crippen LogP) is 5.56. The van der Waals surface area contributed by atoms with Gasteiger partial charge in [0.2, 0.25) is 0 Å². The van der Waals surface area contributed by atoms with Gasteiger partial charge in [-0.25, -0.2) is 4.99 Å². The average molecular weight is 442 g/mol. The van der Waals surface area contributed by atoms with Crippen molar-refractivity contribution in [3.05, 3.63) is 86.4 Å². The Morgan fingerprint density at radius 2 is 1.55 bits per heavy atom. The lowest BCUT2D eigenvalue weighted by Gasteiger charge is -2.15. The van der Waals surface area contributed by atoms with Gasteiger partial charge in [0.1, 0.15) is 0 Å². The number of H-pyrrole nitrogens is 1. The molecule has 170 valence electrons. The molecule has 2 aliphatic rings. The average Bonchev–Trinajstić information content (AvgIpc) is 3.39. The number of carbonyl (C=O) groups excluding carboxylic acids is 2. The normalized spacial score (nSPS) is 17.8. The Hall–Kier alpha value is -3.47. The molecule has 1 aromatic carbocycles. The van der Waals surface area contributed by atoms with Crippen LogP contribution in [0.15, 0.2) is 63.3 Å². The lowest BCUT2D eigenvalue weighted by molar-refractivity contribution is -0.116. The van der Waals surface area contributed by atoms with Gasteiger partial charge in [0.25, 0.3) is 11.8 Å². The molecule has 0 fully saturated rings. The molecule has 0 unspecified atom stereocenters. The molecule has 2 aromatic rings. The molecule has 3 heterocycles. The molecule has 4 rings (SSSR count). The summed E-state index contributed by atoms with van der Waals surface area (Å²) >= 11 is 0. The first kappa shape index (κ1) is 22.7. The van der Waals surface area contributed by atoms with Crippen molar-refractivity contribution >= 4 is 23.1 Å². The van der Waals surface area contributed by atoms with Crippen LogP contribution in [-0.2, 0) is 16.0 Å². The van der Waals surface area contributed by atoms with Gasteiger partial charge in [-0.1, -0.05) is 51.1 Å². The van der Waals surface area contributed by atoms with Crippen LogP contribution in [0.3, 0.4) is 0 Å². The molecule has 0 aliphatic carbocycles. The summed E-state index contributed by atoms with van der Waals surface area (Å²) in [6, 6.07) is 10.2. The van der Waals surface area contributed by atoms with E-state index >= 15 is 0 Å². The van der Waals surface area contributed by atoms with Crippen molar-refractivity contribution < 1.29 is 9.59 Å². The number of aromatic amines is 1. The molecule has 2 aliphatic heterocycles. The second kappa shape index (κ2) is 8.81. The highest BCUT2D eigenvalue weighted by Crippen LogP contribution is 2.38. The quantitative estimate of drug-likeness (QED) is 0.616. The van der Waals surface area contributed by atoms with Crippen LogP contribution in [-0.4, -0.2) is 22.5 Å². The van der Waals surface area contributed by atoms with Gasteiger partial charge in [-0.3, -0.25) is 9.59 Å². The fourth-order valence-electron chi connectivity index (χ4n) is 5.02. The highest BCUT2D eigenvalue weighted by atomic mass is 16.2. The fraction of sp³-hybridized carbons (Fsp3) is 0.321. The third-order valence-corrected chi connectivity index (χ3v) is 6.85. The first-order valence-electron chi connectivity index (χ1n) is 11.7. The number of carbonyl (C=O) groups is 2. The van der Waals surface area contributed by atoms with Crippen LogP contribution in [0.4, 0.5) is 0 Å². The number of aromatic nitrogens is 1. The molecule has 1 aromatic heterocycles. The summed E-state index contributed by atoms with van der Waals surface area (Å²) < 4.78 is 0. The van der Waals surface area contributed by atoms with Crippen LogP contribution >= 0.6 is 0 Å². The van der Waals surface area contributed by atoms with Gasteiger partial charge in [-0.2, -0.15) is 0 Å². The van der Waals surface area contributed by atoms with Crippen LogP contribution in [0.2, 0.25) is 0 Å². The zero-order valence-corrected chi connectivity index (χ0v) is 20.3. The van der Waals surface area contributed by atoms with Crippen molar-refractivity contribution in [3.63, 3.8) is 0 Å². The summed E-state index contributed by atoms with van der Waals surface area (Å²) in [5.74, 6) is -0.191. The Bertz CT molecular complexity index is 1280. The molecule has 2 N–H and O–H groups in total. The van der Waals surface area contributed by atoms with E-state index in [4.69, 9.17) is 0 Å². The van der Waals surface area contributed by atoms with Crippen LogP contribution in [0.1, 0.15) is 75.5 Å². The molecule has 0 radical (unpaired) electrons. The number of amides is 2.